The Morgan fingerprint density at radius 3 is 2.33 bits per heavy atom. The van der Waals surface area contributed by atoms with Crippen molar-refractivity contribution in [1.29, 1.82) is 0 Å². The van der Waals surface area contributed by atoms with Gasteiger partial charge in [-0.3, -0.25) is 4.89 Å². The SMILES string of the molecule is CNOP(=O)(O)O[P+](O)(O)OC. The summed E-state index contributed by atoms with van der Waals surface area (Å²) in [5, 5.41) is 0. The fourth-order valence-corrected chi connectivity index (χ4v) is 2.01. The zero-order chi connectivity index (χ0) is 9.83. The van der Waals surface area contributed by atoms with Crippen molar-refractivity contribution in [2.75, 3.05) is 14.2 Å². The van der Waals surface area contributed by atoms with Gasteiger partial charge in [-0.25, -0.2) is 4.57 Å². The monoisotopic (exact) mass is 222 g/mol. The van der Waals surface area contributed by atoms with Gasteiger partial charge >= 0.3 is 16.0 Å². The van der Waals surface area contributed by atoms with Gasteiger partial charge in [-0.1, -0.05) is 0 Å². The van der Waals surface area contributed by atoms with Crippen LogP contribution in [0.3, 0.4) is 0 Å². The number of hydrogen-bond donors (Lipinski definition) is 4. The predicted molar refractivity (Wildman–Crippen MR) is 39.4 cm³/mol. The van der Waals surface area contributed by atoms with Crippen LogP contribution < -0.4 is 5.48 Å². The van der Waals surface area contributed by atoms with Gasteiger partial charge in [-0.15, -0.1) is 0 Å². The fourth-order valence-electron chi connectivity index (χ4n) is 0.300. The number of hydrogen-bond acceptors (Lipinski definition) is 7. The average molecular weight is 222 g/mol. The summed E-state index contributed by atoms with van der Waals surface area (Å²) >= 11 is 0. The van der Waals surface area contributed by atoms with Crippen LogP contribution in [0.25, 0.3) is 0 Å². The Kier molecular flexibility index (Phi) is 4.71. The largest absolute Gasteiger partial charge is 0.580 e. The van der Waals surface area contributed by atoms with E-state index in [0.717, 1.165) is 7.11 Å². The highest BCUT2D eigenvalue weighted by Gasteiger charge is 2.48. The van der Waals surface area contributed by atoms with Crippen LogP contribution in [0, 0.1) is 0 Å². The fraction of sp³-hybridized carbons (Fsp3) is 1.00. The highest BCUT2D eigenvalue weighted by Crippen LogP contribution is 2.64. The molecule has 10 heteroatoms. The first-order chi connectivity index (χ1) is 5.33. The van der Waals surface area contributed by atoms with Gasteiger partial charge in [0.15, 0.2) is 0 Å². The van der Waals surface area contributed by atoms with Crippen LogP contribution in [0.4, 0.5) is 0 Å². The van der Waals surface area contributed by atoms with E-state index in [2.05, 4.69) is 13.5 Å². The van der Waals surface area contributed by atoms with Gasteiger partial charge in [-0.05, 0) is 4.31 Å². The first-order valence-electron chi connectivity index (χ1n) is 2.63. The van der Waals surface area contributed by atoms with E-state index < -0.39 is 16.0 Å². The minimum atomic E-state index is -4.52. The molecule has 0 aliphatic rings. The van der Waals surface area contributed by atoms with E-state index in [9.17, 15) is 4.57 Å². The highest BCUT2D eigenvalue weighted by molar-refractivity contribution is 7.64. The van der Waals surface area contributed by atoms with Crippen molar-refractivity contribution in [2.24, 2.45) is 0 Å². The smallest absolute Gasteiger partial charge is 0.299 e. The third kappa shape index (κ3) is 5.10. The number of hydroxylamine groups is 1. The molecule has 1 unspecified atom stereocenters. The number of nitrogens with one attached hydrogen (secondary N) is 1. The van der Waals surface area contributed by atoms with Gasteiger partial charge in [0.1, 0.15) is 0 Å². The van der Waals surface area contributed by atoms with Crippen LogP contribution in [0.2, 0.25) is 0 Å². The van der Waals surface area contributed by atoms with Crippen LogP contribution in [0.1, 0.15) is 0 Å². The van der Waals surface area contributed by atoms with Gasteiger partial charge in [-0.2, -0.15) is 24.4 Å². The molecule has 12 heavy (non-hydrogen) atoms. The molecule has 74 valence electrons. The third-order valence-electron chi connectivity index (χ3n) is 0.654. The van der Waals surface area contributed by atoms with Crippen molar-refractivity contribution in [2.45, 2.75) is 0 Å². The van der Waals surface area contributed by atoms with Crippen molar-refractivity contribution in [3.63, 3.8) is 0 Å². The Hall–Kier alpha value is 0.380. The summed E-state index contributed by atoms with van der Waals surface area (Å²) in [6.07, 6.45) is 0. The summed E-state index contributed by atoms with van der Waals surface area (Å²) < 4.78 is 22.4. The van der Waals surface area contributed by atoms with Crippen LogP contribution >= 0.6 is 16.0 Å². The molecule has 0 heterocycles. The van der Waals surface area contributed by atoms with E-state index in [1.165, 1.54) is 7.05 Å². The average Bonchev–Trinajstić information content (AvgIpc) is 1.85. The maximum absolute atomic E-state index is 10.7. The lowest BCUT2D eigenvalue weighted by Gasteiger charge is -2.10. The maximum Gasteiger partial charge on any atom is 0.580 e. The van der Waals surface area contributed by atoms with Gasteiger partial charge in [0, 0.05) is 7.05 Å². The lowest BCUT2D eigenvalue weighted by molar-refractivity contribution is 0.117. The normalized spacial score (nSPS) is 17.4. The molecule has 0 saturated heterocycles. The third-order valence-corrected chi connectivity index (χ3v) is 3.22. The van der Waals surface area contributed by atoms with Crippen LogP contribution in [0.5, 0.6) is 0 Å². The summed E-state index contributed by atoms with van der Waals surface area (Å²) in [6, 6.07) is 0. The van der Waals surface area contributed by atoms with Crippen molar-refractivity contribution in [1.82, 2.24) is 5.48 Å². The number of rotatable bonds is 5. The van der Waals surface area contributed by atoms with E-state index in [1.54, 1.807) is 0 Å². The molecule has 8 nitrogen and oxygen atoms in total. The summed E-state index contributed by atoms with van der Waals surface area (Å²) in [7, 11) is -6.66. The molecule has 0 aromatic heterocycles. The van der Waals surface area contributed by atoms with Crippen LogP contribution in [-0.4, -0.2) is 28.8 Å². The topological polar surface area (TPSA) is 117 Å². The molecule has 0 aliphatic carbocycles. The van der Waals surface area contributed by atoms with E-state index >= 15 is 0 Å². The zero-order valence-electron chi connectivity index (χ0n) is 6.37. The zero-order valence-corrected chi connectivity index (χ0v) is 8.16. The first-order valence-corrected chi connectivity index (χ1v) is 5.65. The van der Waals surface area contributed by atoms with Gasteiger partial charge in [0.25, 0.3) is 0 Å². The molecule has 0 radical (unpaired) electrons. The Morgan fingerprint density at radius 1 is 1.50 bits per heavy atom. The summed E-state index contributed by atoms with van der Waals surface area (Å²) in [6.45, 7) is 0. The molecule has 4 N–H and O–H groups in total. The second-order valence-electron chi connectivity index (χ2n) is 1.52. The van der Waals surface area contributed by atoms with E-state index in [0.29, 0.717) is 0 Å². The molecule has 0 aromatic rings. The highest BCUT2D eigenvalue weighted by atomic mass is 31.3. The van der Waals surface area contributed by atoms with E-state index in [1.807, 2.05) is 5.48 Å². The summed E-state index contributed by atoms with van der Waals surface area (Å²) in [5.74, 6) is 0. The molecule has 0 aromatic carbocycles. The molecule has 0 amide bonds. The molecule has 0 rings (SSSR count). The van der Waals surface area contributed by atoms with Crippen LogP contribution in [0.15, 0.2) is 0 Å². The minimum absolute atomic E-state index is 0.910. The molecule has 0 saturated carbocycles. The second-order valence-corrected chi connectivity index (χ2v) is 4.64. The van der Waals surface area contributed by atoms with Crippen molar-refractivity contribution in [3.05, 3.63) is 0 Å². The van der Waals surface area contributed by atoms with E-state index in [-0.39, 0.29) is 0 Å². The predicted octanol–water partition coefficient (Wildman–Crippen LogP) is -0.437. The molecule has 1 atom stereocenters. The summed E-state index contributed by atoms with van der Waals surface area (Å²) in [4.78, 5) is 26.0. The van der Waals surface area contributed by atoms with Crippen LogP contribution in [-0.2, 0) is 18.0 Å². The Morgan fingerprint density at radius 2 is 2.00 bits per heavy atom. The minimum Gasteiger partial charge on any atom is -0.299 e. The van der Waals surface area contributed by atoms with Crippen molar-refractivity contribution < 1.29 is 32.7 Å². The quantitative estimate of drug-likeness (QED) is 0.365. The van der Waals surface area contributed by atoms with E-state index in [4.69, 9.17) is 14.7 Å². The number of phosphoric acid groups is 1. The molecular weight excluding hydrogens is 212 g/mol. The summed E-state index contributed by atoms with van der Waals surface area (Å²) in [5.41, 5.74) is 1.86. The van der Waals surface area contributed by atoms with Gasteiger partial charge in [0.05, 0.1) is 7.11 Å². The molecule has 0 fully saturated rings. The van der Waals surface area contributed by atoms with Gasteiger partial charge < -0.3 is 0 Å². The Labute approximate surface area is 69.3 Å². The second kappa shape index (κ2) is 4.57. The standard InChI is InChI=1S/C2H9NO7P2/c1-3-9-12(6,7)10-11(4,5)8-2/h3-5H,1-2H3/p+1. The Bertz CT molecular complexity index is 182. The van der Waals surface area contributed by atoms with Crippen molar-refractivity contribution >= 4 is 16.0 Å². The van der Waals surface area contributed by atoms with Crippen molar-refractivity contribution in [3.8, 4) is 0 Å². The molecule has 0 aliphatic heterocycles. The van der Waals surface area contributed by atoms with Gasteiger partial charge in [0.2, 0.25) is 0 Å². The first kappa shape index (κ1) is 12.4. The molecule has 0 spiro atoms. The molecular formula is C2H10NO7P2+. The lowest BCUT2D eigenvalue weighted by atomic mass is 11.6. The maximum atomic E-state index is 10.7. The molecule has 0 bridgehead atoms. The lowest BCUT2D eigenvalue weighted by Crippen LogP contribution is -2.08. The Balaban J connectivity index is 4.14.